The quantitative estimate of drug-likeness (QED) is 0.609. The van der Waals surface area contributed by atoms with E-state index in [2.05, 4.69) is 24.5 Å². The second-order valence-electron chi connectivity index (χ2n) is 5.73. The van der Waals surface area contributed by atoms with Gasteiger partial charge in [0.05, 0.1) is 0 Å². The Kier molecular flexibility index (Phi) is 6.84. The van der Waals surface area contributed by atoms with Crippen molar-refractivity contribution in [1.29, 1.82) is 0 Å². The Hall–Kier alpha value is -1.10. The van der Waals surface area contributed by atoms with E-state index < -0.39 is 0 Å². The highest BCUT2D eigenvalue weighted by molar-refractivity contribution is 5.79. The van der Waals surface area contributed by atoms with Crippen molar-refractivity contribution in [3.8, 4) is 0 Å². The fraction of sp³-hybridized carbons (Fsp3) is 0.857. The third-order valence-corrected chi connectivity index (χ3v) is 3.85. The molecule has 1 aliphatic rings. The van der Waals surface area contributed by atoms with Crippen LogP contribution in [0.4, 0.5) is 0 Å². The minimum Gasteiger partial charge on any atom is -0.354 e. The molecule has 2 amide bonds. The lowest BCUT2D eigenvalue weighted by molar-refractivity contribution is -0.122. The average molecular weight is 269 g/mol. The van der Waals surface area contributed by atoms with Gasteiger partial charge in [0.25, 0.3) is 0 Å². The molecule has 19 heavy (non-hydrogen) atoms. The summed E-state index contributed by atoms with van der Waals surface area (Å²) in [7, 11) is 0. The van der Waals surface area contributed by atoms with Crippen LogP contribution < -0.4 is 16.4 Å². The third-order valence-electron chi connectivity index (χ3n) is 3.85. The van der Waals surface area contributed by atoms with E-state index in [0.717, 1.165) is 19.3 Å². The lowest BCUT2D eigenvalue weighted by Crippen LogP contribution is -2.38. The van der Waals surface area contributed by atoms with Gasteiger partial charge < -0.3 is 16.4 Å². The molecule has 0 aliphatic carbocycles. The van der Waals surface area contributed by atoms with Gasteiger partial charge in [-0.15, -0.1) is 0 Å². The predicted octanol–water partition coefficient (Wildman–Crippen LogP) is 0.782. The van der Waals surface area contributed by atoms with Crippen LogP contribution >= 0.6 is 0 Å². The summed E-state index contributed by atoms with van der Waals surface area (Å²) >= 11 is 0. The lowest BCUT2D eigenvalue weighted by atomic mass is 9.88. The number of hydrogen-bond acceptors (Lipinski definition) is 3. The number of amides is 2. The van der Waals surface area contributed by atoms with Crippen LogP contribution in [0, 0.1) is 11.8 Å². The van der Waals surface area contributed by atoms with Crippen LogP contribution in [0.2, 0.25) is 0 Å². The first-order valence-corrected chi connectivity index (χ1v) is 7.29. The van der Waals surface area contributed by atoms with Crippen LogP contribution in [0.1, 0.15) is 46.0 Å². The molecule has 2 unspecified atom stereocenters. The maximum Gasteiger partial charge on any atom is 0.220 e. The molecule has 0 saturated carbocycles. The van der Waals surface area contributed by atoms with Crippen molar-refractivity contribution in [1.82, 2.24) is 10.6 Å². The first kappa shape index (κ1) is 16.0. The molecule has 0 aromatic heterocycles. The van der Waals surface area contributed by atoms with E-state index in [1.54, 1.807) is 0 Å². The Morgan fingerprint density at radius 3 is 2.74 bits per heavy atom. The van der Waals surface area contributed by atoms with E-state index in [4.69, 9.17) is 5.73 Å². The van der Waals surface area contributed by atoms with Crippen molar-refractivity contribution in [3.63, 3.8) is 0 Å². The van der Waals surface area contributed by atoms with Gasteiger partial charge >= 0.3 is 0 Å². The Bertz CT molecular complexity index is 305. The summed E-state index contributed by atoms with van der Waals surface area (Å²) in [4.78, 5) is 22.8. The van der Waals surface area contributed by atoms with Gasteiger partial charge in [0.1, 0.15) is 0 Å². The van der Waals surface area contributed by atoms with E-state index >= 15 is 0 Å². The molecule has 0 bridgehead atoms. The summed E-state index contributed by atoms with van der Waals surface area (Å²) in [5.41, 5.74) is 5.59. The van der Waals surface area contributed by atoms with Gasteiger partial charge in [-0.25, -0.2) is 0 Å². The number of carbonyl (C=O) groups is 2. The molecular weight excluding hydrogens is 242 g/mol. The average Bonchev–Trinajstić information content (AvgIpc) is 2.77. The smallest absolute Gasteiger partial charge is 0.220 e. The van der Waals surface area contributed by atoms with Crippen molar-refractivity contribution in [2.75, 3.05) is 13.1 Å². The van der Waals surface area contributed by atoms with Crippen molar-refractivity contribution in [2.24, 2.45) is 17.6 Å². The van der Waals surface area contributed by atoms with Crippen molar-refractivity contribution in [2.45, 2.75) is 52.0 Å². The van der Waals surface area contributed by atoms with E-state index in [0.29, 0.717) is 37.8 Å². The summed E-state index contributed by atoms with van der Waals surface area (Å²) in [6, 6.07) is 0.112. The van der Waals surface area contributed by atoms with Crippen LogP contribution in [0.25, 0.3) is 0 Å². The van der Waals surface area contributed by atoms with Crippen LogP contribution in [0.5, 0.6) is 0 Å². The van der Waals surface area contributed by atoms with Gasteiger partial charge in [0.2, 0.25) is 11.8 Å². The highest BCUT2D eigenvalue weighted by Gasteiger charge is 2.21. The van der Waals surface area contributed by atoms with Gasteiger partial charge in [0, 0.05) is 25.4 Å². The summed E-state index contributed by atoms with van der Waals surface area (Å²) in [6.07, 6.45) is 3.80. The number of carbonyl (C=O) groups excluding carboxylic acids is 2. The molecule has 5 heteroatoms. The monoisotopic (exact) mass is 269 g/mol. The predicted molar refractivity (Wildman–Crippen MR) is 75.4 cm³/mol. The van der Waals surface area contributed by atoms with E-state index in [1.807, 2.05) is 0 Å². The number of rotatable bonds is 8. The molecule has 2 atom stereocenters. The zero-order valence-electron chi connectivity index (χ0n) is 12.1. The number of hydrogen-bond donors (Lipinski definition) is 3. The van der Waals surface area contributed by atoms with Crippen molar-refractivity contribution >= 4 is 11.8 Å². The molecule has 0 spiro atoms. The number of nitrogens with one attached hydrogen (secondary N) is 2. The molecule has 4 N–H and O–H groups in total. The van der Waals surface area contributed by atoms with Crippen LogP contribution in [-0.2, 0) is 9.59 Å². The normalized spacial score (nSPS) is 20.4. The highest BCUT2D eigenvalue weighted by Crippen LogP contribution is 2.20. The molecule has 0 aromatic rings. The minimum atomic E-state index is 0.0730. The van der Waals surface area contributed by atoms with Gasteiger partial charge in [-0.2, -0.15) is 0 Å². The van der Waals surface area contributed by atoms with Gasteiger partial charge in [0.15, 0.2) is 0 Å². The molecule has 5 nitrogen and oxygen atoms in total. The standard InChI is InChI=1S/C14H27N3O2/c1-10(2)11(7-8-15)3-5-13(18)16-9-12-4-6-14(19)17-12/h10-12H,3-9,15H2,1-2H3,(H,16,18)(H,17,19). The maximum atomic E-state index is 11.8. The molecule has 1 aliphatic heterocycles. The van der Waals surface area contributed by atoms with E-state index in [1.165, 1.54) is 0 Å². The molecule has 110 valence electrons. The summed E-state index contributed by atoms with van der Waals surface area (Å²) in [5.74, 6) is 1.23. The fourth-order valence-electron chi connectivity index (χ4n) is 2.50. The Morgan fingerprint density at radius 2 is 2.21 bits per heavy atom. The second kappa shape index (κ2) is 8.15. The first-order valence-electron chi connectivity index (χ1n) is 7.29. The van der Waals surface area contributed by atoms with Crippen LogP contribution in [0.15, 0.2) is 0 Å². The lowest BCUT2D eigenvalue weighted by Gasteiger charge is -2.20. The van der Waals surface area contributed by atoms with E-state index in [9.17, 15) is 9.59 Å². The minimum absolute atomic E-state index is 0.0730. The Labute approximate surface area is 115 Å². The topological polar surface area (TPSA) is 84.2 Å². The Balaban J connectivity index is 2.17. The largest absolute Gasteiger partial charge is 0.354 e. The van der Waals surface area contributed by atoms with Gasteiger partial charge in [-0.1, -0.05) is 13.8 Å². The van der Waals surface area contributed by atoms with Crippen molar-refractivity contribution in [3.05, 3.63) is 0 Å². The summed E-state index contributed by atoms with van der Waals surface area (Å²) in [5, 5.41) is 5.74. The van der Waals surface area contributed by atoms with Crippen LogP contribution in [-0.4, -0.2) is 30.9 Å². The third kappa shape index (κ3) is 6.05. The van der Waals surface area contributed by atoms with E-state index in [-0.39, 0.29) is 17.9 Å². The highest BCUT2D eigenvalue weighted by atomic mass is 16.2. The first-order chi connectivity index (χ1) is 9.02. The molecule has 0 aromatic carbocycles. The number of nitrogens with two attached hydrogens (primary N) is 1. The molecule has 1 rings (SSSR count). The summed E-state index contributed by atoms with van der Waals surface area (Å²) < 4.78 is 0. The molecule has 1 saturated heterocycles. The molecule has 1 heterocycles. The SMILES string of the molecule is CC(C)C(CCN)CCC(=O)NCC1CCC(=O)N1. The van der Waals surface area contributed by atoms with Crippen molar-refractivity contribution < 1.29 is 9.59 Å². The zero-order chi connectivity index (χ0) is 14.3. The fourth-order valence-corrected chi connectivity index (χ4v) is 2.50. The molecule has 0 radical (unpaired) electrons. The van der Waals surface area contributed by atoms with Gasteiger partial charge in [-0.3, -0.25) is 9.59 Å². The second-order valence-corrected chi connectivity index (χ2v) is 5.73. The molecule has 1 fully saturated rings. The molecular formula is C14H27N3O2. The summed E-state index contributed by atoms with van der Waals surface area (Å²) in [6.45, 7) is 5.57. The van der Waals surface area contributed by atoms with Gasteiger partial charge in [-0.05, 0) is 37.6 Å². The Morgan fingerprint density at radius 1 is 1.47 bits per heavy atom. The van der Waals surface area contributed by atoms with Crippen LogP contribution in [0.3, 0.4) is 0 Å². The zero-order valence-corrected chi connectivity index (χ0v) is 12.1. The maximum absolute atomic E-state index is 11.8.